The molecule has 1 N–H and O–H groups in total. The summed E-state index contributed by atoms with van der Waals surface area (Å²) in [5, 5.41) is 2.27. The first kappa shape index (κ1) is 35.6. The number of alkyl halides is 3. The van der Waals surface area contributed by atoms with E-state index in [4.69, 9.17) is 23.7 Å². The predicted molar refractivity (Wildman–Crippen MR) is 167 cm³/mol. The van der Waals surface area contributed by atoms with Crippen LogP contribution >= 0.6 is 0 Å². The van der Waals surface area contributed by atoms with Gasteiger partial charge in [-0.1, -0.05) is 0 Å². The average molecular weight is 702 g/mol. The van der Waals surface area contributed by atoms with Crippen LogP contribution in [0.2, 0.25) is 0 Å². The average Bonchev–Trinajstić information content (AvgIpc) is 3.50. The number of carbonyl (C=O) groups is 2. The van der Waals surface area contributed by atoms with Crippen molar-refractivity contribution in [1.29, 1.82) is 0 Å². The number of hydrogen-bond donors (Lipinski definition) is 1. The number of ether oxygens (including phenoxy) is 5. The summed E-state index contributed by atoms with van der Waals surface area (Å²) < 4.78 is 99.9. The van der Waals surface area contributed by atoms with Gasteiger partial charge in [-0.15, -0.1) is 0 Å². The van der Waals surface area contributed by atoms with Crippen molar-refractivity contribution in [2.45, 2.75) is 13.1 Å². The van der Waals surface area contributed by atoms with Crippen LogP contribution < -0.4 is 19.5 Å². The maximum atomic E-state index is 15.3. The van der Waals surface area contributed by atoms with E-state index in [1.54, 1.807) is 13.0 Å². The van der Waals surface area contributed by atoms with Crippen LogP contribution in [-0.4, -0.2) is 71.9 Å². The predicted octanol–water partition coefficient (Wildman–Crippen LogP) is 6.09. The number of halogens is 5. The third-order valence-electron chi connectivity index (χ3n) is 6.93. The van der Waals surface area contributed by atoms with Crippen LogP contribution in [-0.2, 0) is 20.4 Å². The number of nitrogens with zero attached hydrogens (tertiary/aromatic N) is 4. The maximum Gasteiger partial charge on any atom is 0.416 e. The Kier molecular flexibility index (Phi) is 10.9. The van der Waals surface area contributed by atoms with E-state index in [1.165, 1.54) is 37.4 Å². The minimum absolute atomic E-state index is 0.0391. The lowest BCUT2D eigenvalue weighted by Crippen LogP contribution is -2.25. The smallest absolute Gasteiger partial charge is 0.416 e. The maximum absolute atomic E-state index is 15.3. The quantitative estimate of drug-likeness (QED) is 0.0628. The summed E-state index contributed by atoms with van der Waals surface area (Å²) >= 11 is 0. The second kappa shape index (κ2) is 15.3. The lowest BCUT2D eigenvalue weighted by atomic mass is 10.1. The number of imidazole rings is 1. The molecule has 262 valence electrons. The number of rotatable bonds is 14. The lowest BCUT2D eigenvalue weighted by Gasteiger charge is -2.15. The zero-order valence-corrected chi connectivity index (χ0v) is 26.6. The molecule has 3 aromatic carbocycles. The Morgan fingerprint density at radius 1 is 0.840 bits per heavy atom. The van der Waals surface area contributed by atoms with E-state index in [9.17, 15) is 22.8 Å². The molecule has 2 heterocycles. The zero-order valence-electron chi connectivity index (χ0n) is 26.6. The van der Waals surface area contributed by atoms with Crippen LogP contribution in [0.3, 0.4) is 0 Å². The highest BCUT2D eigenvalue weighted by Gasteiger charge is 2.32. The summed E-state index contributed by atoms with van der Waals surface area (Å²) in [5.74, 6) is -6.21. The number of amides is 1. The van der Waals surface area contributed by atoms with Crippen LogP contribution in [0.15, 0.2) is 61.3 Å². The van der Waals surface area contributed by atoms with Crippen molar-refractivity contribution in [1.82, 2.24) is 19.5 Å². The molecule has 0 atom stereocenters. The van der Waals surface area contributed by atoms with Crippen LogP contribution in [0.25, 0.3) is 16.6 Å². The molecular weight excluding hydrogens is 673 g/mol. The minimum Gasteiger partial charge on any atom is -0.487 e. The molecule has 0 radical (unpaired) electrons. The van der Waals surface area contributed by atoms with Crippen LogP contribution in [0.4, 0.5) is 27.6 Å². The molecule has 0 unspecified atom stereocenters. The first-order valence-corrected chi connectivity index (χ1v) is 14.7. The number of benzene rings is 3. The topological polar surface area (TPSA) is 136 Å². The molecule has 50 heavy (non-hydrogen) atoms. The Hall–Kier alpha value is -5.68. The van der Waals surface area contributed by atoms with Crippen molar-refractivity contribution in [3.63, 3.8) is 0 Å². The van der Waals surface area contributed by atoms with Gasteiger partial charge in [0.15, 0.2) is 11.5 Å². The van der Waals surface area contributed by atoms with Gasteiger partial charge in [0.25, 0.3) is 11.7 Å². The van der Waals surface area contributed by atoms with E-state index < -0.39 is 52.1 Å². The van der Waals surface area contributed by atoms with E-state index >= 15 is 8.78 Å². The van der Waals surface area contributed by atoms with Crippen molar-refractivity contribution in [3.8, 4) is 28.8 Å². The molecule has 1 amide bonds. The SMILES string of the molecule is COCCOc1cc2ncnc(Oc3cc(F)c(C(=O)C(=O)Nc4cc(-n5cnc(C)c5)cc(C(F)(F)F)c4)c(F)c3)c2cc1OCCOC. The molecule has 5 aromatic rings. The third-order valence-corrected chi connectivity index (χ3v) is 6.93. The van der Waals surface area contributed by atoms with Gasteiger partial charge in [-0.2, -0.15) is 13.2 Å². The van der Waals surface area contributed by atoms with Gasteiger partial charge in [-0.3, -0.25) is 9.59 Å². The highest BCUT2D eigenvalue weighted by molar-refractivity contribution is 6.46. The summed E-state index contributed by atoms with van der Waals surface area (Å²) in [6.45, 7) is 2.53. The van der Waals surface area contributed by atoms with E-state index in [2.05, 4.69) is 15.0 Å². The largest absolute Gasteiger partial charge is 0.487 e. The molecule has 12 nitrogen and oxygen atoms in total. The molecule has 2 aromatic heterocycles. The molecule has 17 heteroatoms. The van der Waals surface area contributed by atoms with Crippen molar-refractivity contribution in [3.05, 3.63) is 89.8 Å². The number of methoxy groups -OCH3 is 2. The number of nitrogens with one attached hydrogen (secondary N) is 1. The lowest BCUT2D eigenvalue weighted by molar-refractivity contribution is -0.137. The first-order chi connectivity index (χ1) is 23.9. The van der Waals surface area contributed by atoms with Gasteiger partial charge in [0.2, 0.25) is 5.88 Å². The number of hydrogen-bond acceptors (Lipinski definition) is 10. The fraction of sp³-hybridized carbons (Fsp3) is 0.242. The normalized spacial score (nSPS) is 11.4. The summed E-state index contributed by atoms with van der Waals surface area (Å²) in [5.41, 5.74) is -2.07. The van der Waals surface area contributed by atoms with Gasteiger partial charge in [-0.05, 0) is 31.2 Å². The molecule has 0 saturated heterocycles. The Morgan fingerprint density at radius 2 is 1.50 bits per heavy atom. The number of aromatic nitrogens is 4. The second-order valence-electron chi connectivity index (χ2n) is 10.5. The number of carbonyl (C=O) groups excluding carboxylic acids is 2. The van der Waals surface area contributed by atoms with Gasteiger partial charge in [0.1, 0.15) is 36.9 Å². The van der Waals surface area contributed by atoms with Gasteiger partial charge < -0.3 is 33.6 Å². The number of ketones is 1. The fourth-order valence-corrected chi connectivity index (χ4v) is 4.61. The molecular formula is C33H28F5N5O7. The van der Waals surface area contributed by atoms with Crippen molar-refractivity contribution >= 4 is 28.3 Å². The number of fused-ring (bicyclic) bond motifs is 1. The third kappa shape index (κ3) is 8.30. The second-order valence-corrected chi connectivity index (χ2v) is 10.5. The Balaban J connectivity index is 1.40. The summed E-state index contributed by atoms with van der Waals surface area (Å²) in [6, 6.07) is 6.88. The number of anilines is 1. The molecule has 0 saturated carbocycles. The van der Waals surface area contributed by atoms with Gasteiger partial charge in [0, 0.05) is 50.0 Å². The van der Waals surface area contributed by atoms with Crippen molar-refractivity contribution in [2.24, 2.45) is 0 Å². The zero-order chi connectivity index (χ0) is 36.0. The van der Waals surface area contributed by atoms with Crippen LogP contribution in [0, 0.1) is 18.6 Å². The van der Waals surface area contributed by atoms with Crippen LogP contribution in [0.1, 0.15) is 21.6 Å². The molecule has 0 bridgehead atoms. The highest BCUT2D eigenvalue weighted by Crippen LogP contribution is 2.37. The summed E-state index contributed by atoms with van der Waals surface area (Å²) in [6.07, 6.45) is -0.982. The molecule has 5 rings (SSSR count). The van der Waals surface area contributed by atoms with E-state index in [0.29, 0.717) is 41.8 Å². The van der Waals surface area contributed by atoms with Gasteiger partial charge in [0.05, 0.1) is 47.3 Å². The van der Waals surface area contributed by atoms with E-state index in [1.807, 2.05) is 5.32 Å². The Bertz CT molecular complexity index is 2010. The van der Waals surface area contributed by atoms with E-state index in [0.717, 1.165) is 18.5 Å². The number of Topliss-reactive ketones (excluding diaryl/α,β-unsaturated/α-hetero) is 1. The molecule has 0 aliphatic heterocycles. The van der Waals surface area contributed by atoms with Gasteiger partial charge >= 0.3 is 6.18 Å². The summed E-state index contributed by atoms with van der Waals surface area (Å²) in [4.78, 5) is 37.9. The van der Waals surface area contributed by atoms with Crippen LogP contribution in [0.5, 0.6) is 23.1 Å². The molecule has 0 aliphatic carbocycles. The summed E-state index contributed by atoms with van der Waals surface area (Å²) in [7, 11) is 3.01. The molecule has 0 spiro atoms. The Morgan fingerprint density at radius 3 is 2.10 bits per heavy atom. The van der Waals surface area contributed by atoms with Crippen molar-refractivity contribution < 1.29 is 55.2 Å². The Labute approximate surface area is 280 Å². The van der Waals surface area contributed by atoms with Crippen molar-refractivity contribution in [2.75, 3.05) is 46.0 Å². The number of aryl methyl sites for hydroxylation is 1. The molecule has 0 aliphatic rings. The standard InChI is InChI=1S/C33H28F5N5O7/c1-18-15-43(17-41-18)21-9-19(33(36,37)38)8-20(10-21)42-31(45)30(44)29-24(34)11-22(12-25(29)35)50-32-23-13-27(48-6-4-46-2)28(49-7-5-47-3)14-26(23)39-16-40-32/h8-17H,4-7H2,1-3H3,(H,42,45). The van der Waals surface area contributed by atoms with E-state index in [-0.39, 0.29) is 42.5 Å². The fourth-order valence-electron chi connectivity index (χ4n) is 4.61. The van der Waals surface area contributed by atoms with Gasteiger partial charge in [-0.25, -0.2) is 23.7 Å². The monoisotopic (exact) mass is 701 g/mol. The first-order valence-electron chi connectivity index (χ1n) is 14.7. The molecule has 0 fully saturated rings. The highest BCUT2D eigenvalue weighted by atomic mass is 19.4. The minimum atomic E-state index is -4.82.